The average Bonchev–Trinajstić information content (AvgIpc) is 2.74. The summed E-state index contributed by atoms with van der Waals surface area (Å²) in [7, 11) is 0. The Labute approximate surface area is 112 Å². The first-order chi connectivity index (χ1) is 9.18. The lowest BCUT2D eigenvalue weighted by Gasteiger charge is -2.19. The van der Waals surface area contributed by atoms with E-state index in [2.05, 4.69) is 29.4 Å². The van der Waals surface area contributed by atoms with Gasteiger partial charge in [0.2, 0.25) is 0 Å². The lowest BCUT2D eigenvalue weighted by Crippen LogP contribution is -2.15. The molecule has 1 aliphatic heterocycles. The van der Waals surface area contributed by atoms with Gasteiger partial charge in [0.05, 0.1) is 0 Å². The van der Waals surface area contributed by atoms with Gasteiger partial charge in [0.15, 0.2) is 5.78 Å². The van der Waals surface area contributed by atoms with Gasteiger partial charge in [-0.1, -0.05) is 24.3 Å². The van der Waals surface area contributed by atoms with Crippen LogP contribution in [0.15, 0.2) is 48.3 Å². The number of carbonyl (C=O) groups is 1. The molecule has 0 spiro atoms. The first-order valence-corrected chi connectivity index (χ1v) is 6.39. The molecule has 0 bridgehead atoms. The Kier molecular flexibility index (Phi) is 2.75. The molecule has 1 aliphatic rings. The molecule has 1 aromatic heterocycles. The normalized spacial score (nSPS) is 18.2. The second-order valence-corrected chi connectivity index (χ2v) is 4.87. The summed E-state index contributed by atoms with van der Waals surface area (Å²) in [5.41, 5.74) is 4.22. The third-order valence-corrected chi connectivity index (χ3v) is 3.62. The Bertz CT molecular complexity index is 707. The number of Topliss-reactive ketones (excluding diaryl/α,β-unsaturated/α-hetero) is 1. The van der Waals surface area contributed by atoms with Gasteiger partial charge in [-0.3, -0.25) is 4.79 Å². The van der Waals surface area contributed by atoms with Gasteiger partial charge in [0.25, 0.3) is 0 Å². The molecule has 0 saturated heterocycles. The van der Waals surface area contributed by atoms with Crippen LogP contribution in [-0.4, -0.2) is 10.8 Å². The van der Waals surface area contributed by atoms with Gasteiger partial charge in [-0.05, 0) is 31.7 Å². The molecule has 0 fully saturated rings. The quantitative estimate of drug-likeness (QED) is 0.862. The molecule has 96 valence electrons. The number of dihydropyridines is 1. The highest BCUT2D eigenvalue weighted by Crippen LogP contribution is 2.35. The Balaban J connectivity index is 2.21. The predicted molar refractivity (Wildman–Crippen MR) is 76.8 cm³/mol. The van der Waals surface area contributed by atoms with Crippen LogP contribution in [0.1, 0.15) is 24.1 Å². The van der Waals surface area contributed by atoms with E-state index in [1.165, 1.54) is 10.9 Å². The predicted octanol–water partition coefficient (Wildman–Crippen LogP) is 3.15. The highest BCUT2D eigenvalue weighted by molar-refractivity contribution is 5.97. The first-order valence-electron chi connectivity index (χ1n) is 6.39. The number of benzene rings is 1. The smallest absolute Gasteiger partial charge is 0.158 e. The molecular weight excluding hydrogens is 236 g/mol. The van der Waals surface area contributed by atoms with Gasteiger partial charge < -0.3 is 10.3 Å². The molecule has 1 atom stereocenters. The fraction of sp³-hybridized carbons (Fsp3) is 0.188. The van der Waals surface area contributed by atoms with Crippen LogP contribution >= 0.6 is 0 Å². The van der Waals surface area contributed by atoms with Crippen molar-refractivity contribution in [2.45, 2.75) is 19.8 Å². The first kappa shape index (κ1) is 11.8. The summed E-state index contributed by atoms with van der Waals surface area (Å²) in [5, 5.41) is 4.19. The van der Waals surface area contributed by atoms with Crippen LogP contribution in [0.4, 0.5) is 0 Å². The average molecular weight is 252 g/mol. The van der Waals surface area contributed by atoms with E-state index in [0.717, 1.165) is 16.8 Å². The van der Waals surface area contributed by atoms with E-state index in [-0.39, 0.29) is 11.7 Å². The summed E-state index contributed by atoms with van der Waals surface area (Å²) >= 11 is 0. The van der Waals surface area contributed by atoms with Crippen molar-refractivity contribution in [3.05, 3.63) is 59.6 Å². The highest BCUT2D eigenvalue weighted by Gasteiger charge is 2.24. The zero-order chi connectivity index (χ0) is 13.4. The number of allylic oxidation sites excluding steroid dienone is 2. The second kappa shape index (κ2) is 4.43. The van der Waals surface area contributed by atoms with Crippen molar-refractivity contribution in [3.63, 3.8) is 0 Å². The zero-order valence-electron chi connectivity index (χ0n) is 11.0. The van der Waals surface area contributed by atoms with Crippen LogP contribution in [-0.2, 0) is 4.79 Å². The third kappa shape index (κ3) is 1.87. The van der Waals surface area contributed by atoms with E-state index in [1.807, 2.05) is 24.4 Å². The third-order valence-electron chi connectivity index (χ3n) is 3.62. The number of fused-ring (bicyclic) bond motifs is 1. The van der Waals surface area contributed by atoms with Crippen LogP contribution < -0.4 is 5.32 Å². The van der Waals surface area contributed by atoms with Crippen molar-refractivity contribution in [1.29, 1.82) is 0 Å². The minimum atomic E-state index is 0.0231. The number of rotatable bonds is 2. The molecule has 3 heteroatoms. The maximum atomic E-state index is 11.8. The van der Waals surface area contributed by atoms with Crippen LogP contribution in [0.5, 0.6) is 0 Å². The van der Waals surface area contributed by atoms with E-state index >= 15 is 0 Å². The molecule has 0 aliphatic carbocycles. The van der Waals surface area contributed by atoms with Gasteiger partial charge in [-0.25, -0.2) is 0 Å². The topological polar surface area (TPSA) is 44.9 Å². The summed E-state index contributed by atoms with van der Waals surface area (Å²) in [4.78, 5) is 15.2. The standard InChI is InChI=1S/C16H16N2O/c1-10-16(13-5-3-4-6-15(13)18-10)12-7-8-17-9-14(12)11(2)19/h3-9,12,17-18H,1-2H3. The van der Waals surface area contributed by atoms with E-state index in [1.54, 1.807) is 13.1 Å². The number of ketones is 1. The van der Waals surface area contributed by atoms with Crippen molar-refractivity contribution in [1.82, 2.24) is 10.3 Å². The summed E-state index contributed by atoms with van der Waals surface area (Å²) < 4.78 is 0. The number of para-hydroxylation sites is 1. The molecule has 2 heterocycles. The summed E-state index contributed by atoms with van der Waals surface area (Å²) in [6.07, 6.45) is 5.73. The van der Waals surface area contributed by atoms with E-state index < -0.39 is 0 Å². The Morgan fingerprint density at radius 2 is 2.05 bits per heavy atom. The van der Waals surface area contributed by atoms with Crippen molar-refractivity contribution < 1.29 is 4.79 Å². The van der Waals surface area contributed by atoms with Crippen LogP contribution in [0, 0.1) is 6.92 Å². The molecule has 2 aromatic rings. The number of nitrogens with one attached hydrogen (secondary N) is 2. The number of hydrogen-bond donors (Lipinski definition) is 2. The Morgan fingerprint density at radius 1 is 1.26 bits per heavy atom. The number of aryl methyl sites for hydroxylation is 1. The summed E-state index contributed by atoms with van der Waals surface area (Å²) in [6.45, 7) is 3.67. The van der Waals surface area contributed by atoms with Crippen LogP contribution in [0.3, 0.4) is 0 Å². The lowest BCUT2D eigenvalue weighted by molar-refractivity contribution is -0.113. The van der Waals surface area contributed by atoms with Gasteiger partial charge in [0, 0.05) is 34.3 Å². The van der Waals surface area contributed by atoms with Gasteiger partial charge in [-0.2, -0.15) is 0 Å². The molecule has 0 amide bonds. The minimum Gasteiger partial charge on any atom is -0.367 e. The second-order valence-electron chi connectivity index (χ2n) is 4.87. The number of aromatic nitrogens is 1. The molecular formula is C16H16N2O. The van der Waals surface area contributed by atoms with Crippen molar-refractivity contribution in [3.8, 4) is 0 Å². The summed E-state index contributed by atoms with van der Waals surface area (Å²) in [5.74, 6) is 0.126. The lowest BCUT2D eigenvalue weighted by atomic mass is 9.86. The zero-order valence-corrected chi connectivity index (χ0v) is 11.0. The number of aromatic amines is 1. The van der Waals surface area contributed by atoms with Crippen LogP contribution in [0.25, 0.3) is 10.9 Å². The fourth-order valence-corrected chi connectivity index (χ4v) is 2.75. The van der Waals surface area contributed by atoms with Crippen molar-refractivity contribution in [2.24, 2.45) is 0 Å². The molecule has 0 saturated carbocycles. The van der Waals surface area contributed by atoms with Crippen LogP contribution in [0.2, 0.25) is 0 Å². The van der Waals surface area contributed by atoms with Gasteiger partial charge >= 0.3 is 0 Å². The minimum absolute atomic E-state index is 0.0231. The molecule has 2 N–H and O–H groups in total. The molecule has 0 radical (unpaired) electrons. The van der Waals surface area contributed by atoms with Gasteiger partial charge in [-0.15, -0.1) is 0 Å². The number of H-pyrrole nitrogens is 1. The molecule has 19 heavy (non-hydrogen) atoms. The molecule has 3 rings (SSSR count). The highest BCUT2D eigenvalue weighted by atomic mass is 16.1. The maximum Gasteiger partial charge on any atom is 0.158 e. The largest absolute Gasteiger partial charge is 0.367 e. The maximum absolute atomic E-state index is 11.8. The van der Waals surface area contributed by atoms with E-state index in [0.29, 0.717) is 0 Å². The SMILES string of the molecule is CC(=O)C1=CNC=CC1c1c(C)[nH]c2ccccc12. The molecule has 1 aromatic carbocycles. The van der Waals surface area contributed by atoms with Gasteiger partial charge in [0.1, 0.15) is 0 Å². The summed E-state index contributed by atoms with van der Waals surface area (Å²) in [6, 6.07) is 8.21. The fourth-order valence-electron chi connectivity index (χ4n) is 2.75. The Morgan fingerprint density at radius 3 is 2.84 bits per heavy atom. The number of hydrogen-bond acceptors (Lipinski definition) is 2. The molecule has 1 unspecified atom stereocenters. The Hall–Kier alpha value is -2.29. The van der Waals surface area contributed by atoms with E-state index in [4.69, 9.17) is 0 Å². The van der Waals surface area contributed by atoms with Crippen molar-refractivity contribution >= 4 is 16.7 Å². The van der Waals surface area contributed by atoms with E-state index in [9.17, 15) is 4.79 Å². The monoisotopic (exact) mass is 252 g/mol. The molecule has 3 nitrogen and oxygen atoms in total. The number of carbonyl (C=O) groups excluding carboxylic acids is 1. The van der Waals surface area contributed by atoms with Crippen molar-refractivity contribution in [2.75, 3.05) is 0 Å².